The first-order valence-corrected chi connectivity index (χ1v) is 4.65. The van der Waals surface area contributed by atoms with Gasteiger partial charge in [0.15, 0.2) is 0 Å². The summed E-state index contributed by atoms with van der Waals surface area (Å²) in [6.07, 6.45) is 1.30. The van der Waals surface area contributed by atoms with Crippen molar-refractivity contribution in [2.24, 2.45) is 0 Å². The molecular formula is C5H4O4S2. The fourth-order valence-corrected chi connectivity index (χ4v) is 2.32. The minimum absolute atomic E-state index is 0.0671. The maximum absolute atomic E-state index is 10.4. The van der Waals surface area contributed by atoms with Crippen LogP contribution in [-0.4, -0.2) is 29.6 Å². The van der Waals surface area contributed by atoms with E-state index in [9.17, 15) is 13.2 Å². The maximum Gasteiger partial charge on any atom is 0.322 e. The SMILES string of the molecule is O=C(O)C1SC=CC1=S(=O)=O. The average Bonchev–Trinajstić information content (AvgIpc) is 2.32. The Labute approximate surface area is 68.4 Å². The highest BCUT2D eigenvalue weighted by Crippen LogP contribution is 2.21. The van der Waals surface area contributed by atoms with Crippen LogP contribution in [0.25, 0.3) is 0 Å². The van der Waals surface area contributed by atoms with Crippen molar-refractivity contribution >= 4 is 32.9 Å². The van der Waals surface area contributed by atoms with Crippen LogP contribution in [0.3, 0.4) is 0 Å². The third-order valence-electron chi connectivity index (χ3n) is 1.12. The van der Waals surface area contributed by atoms with Crippen LogP contribution in [-0.2, 0) is 15.1 Å². The molecule has 60 valence electrons. The smallest absolute Gasteiger partial charge is 0.322 e. The molecule has 0 saturated heterocycles. The second-order valence-electron chi connectivity index (χ2n) is 1.79. The molecule has 1 rings (SSSR count). The molecule has 0 spiro atoms. The van der Waals surface area contributed by atoms with Crippen molar-refractivity contribution in [1.29, 1.82) is 0 Å². The van der Waals surface area contributed by atoms with Gasteiger partial charge in [-0.1, -0.05) is 0 Å². The minimum Gasteiger partial charge on any atom is -0.480 e. The lowest BCUT2D eigenvalue weighted by Crippen LogP contribution is -2.22. The third-order valence-corrected chi connectivity index (χ3v) is 3.05. The van der Waals surface area contributed by atoms with E-state index < -0.39 is 21.5 Å². The van der Waals surface area contributed by atoms with E-state index in [2.05, 4.69) is 0 Å². The summed E-state index contributed by atoms with van der Waals surface area (Å²) < 4.78 is 20.7. The molecule has 4 nitrogen and oxygen atoms in total. The summed E-state index contributed by atoms with van der Waals surface area (Å²) in [6, 6.07) is 0. The van der Waals surface area contributed by atoms with Gasteiger partial charge in [0.1, 0.15) is 5.25 Å². The second-order valence-corrected chi connectivity index (χ2v) is 3.75. The van der Waals surface area contributed by atoms with Gasteiger partial charge in [0, 0.05) is 0 Å². The van der Waals surface area contributed by atoms with Gasteiger partial charge in [0.2, 0.25) is 10.3 Å². The summed E-state index contributed by atoms with van der Waals surface area (Å²) in [6.45, 7) is 0. The van der Waals surface area contributed by atoms with Crippen molar-refractivity contribution in [2.75, 3.05) is 0 Å². The predicted octanol–water partition coefficient (Wildman–Crippen LogP) is -0.248. The molecule has 0 aromatic heterocycles. The van der Waals surface area contributed by atoms with Crippen LogP contribution >= 0.6 is 11.8 Å². The molecule has 0 fully saturated rings. The zero-order valence-corrected chi connectivity index (χ0v) is 6.85. The van der Waals surface area contributed by atoms with Crippen molar-refractivity contribution in [3.63, 3.8) is 0 Å². The molecular weight excluding hydrogens is 188 g/mol. The zero-order chi connectivity index (χ0) is 8.43. The summed E-state index contributed by atoms with van der Waals surface area (Å²) >= 11 is 0.977. The highest BCUT2D eigenvalue weighted by Gasteiger charge is 2.26. The quantitative estimate of drug-likeness (QED) is 0.580. The molecule has 1 unspecified atom stereocenters. The summed E-state index contributed by atoms with van der Waals surface area (Å²) in [5.74, 6) is -1.13. The summed E-state index contributed by atoms with van der Waals surface area (Å²) in [4.78, 5) is 10.3. The molecule has 0 amide bonds. The zero-order valence-electron chi connectivity index (χ0n) is 5.22. The van der Waals surface area contributed by atoms with Gasteiger partial charge in [0.25, 0.3) is 0 Å². The molecule has 0 aromatic rings. The van der Waals surface area contributed by atoms with Crippen LogP contribution in [0.1, 0.15) is 0 Å². The lowest BCUT2D eigenvalue weighted by atomic mass is 10.3. The van der Waals surface area contributed by atoms with Gasteiger partial charge < -0.3 is 5.11 Å². The van der Waals surface area contributed by atoms with E-state index in [0.717, 1.165) is 11.8 Å². The summed E-state index contributed by atoms with van der Waals surface area (Å²) in [5, 5.41) is 8.99. The Morgan fingerprint density at radius 1 is 1.64 bits per heavy atom. The summed E-state index contributed by atoms with van der Waals surface area (Å²) in [7, 11) is -2.41. The van der Waals surface area contributed by atoms with Crippen LogP contribution in [0.15, 0.2) is 11.5 Å². The van der Waals surface area contributed by atoms with Crippen LogP contribution in [0, 0.1) is 0 Å². The number of hydrogen-bond donors (Lipinski definition) is 1. The normalized spacial score (nSPS) is 22.2. The Kier molecular flexibility index (Phi) is 2.35. The molecule has 1 atom stereocenters. The molecule has 11 heavy (non-hydrogen) atoms. The van der Waals surface area contributed by atoms with E-state index in [0.29, 0.717) is 0 Å². The molecule has 0 aliphatic carbocycles. The van der Waals surface area contributed by atoms with Gasteiger partial charge in [-0.3, -0.25) is 4.79 Å². The first-order chi connectivity index (χ1) is 5.13. The van der Waals surface area contributed by atoms with E-state index in [-0.39, 0.29) is 4.86 Å². The Balaban J connectivity index is 3.09. The van der Waals surface area contributed by atoms with Crippen LogP contribution in [0.5, 0.6) is 0 Å². The number of carbonyl (C=O) groups is 1. The number of allylic oxidation sites excluding steroid dienone is 1. The van der Waals surface area contributed by atoms with Crippen LogP contribution < -0.4 is 0 Å². The average molecular weight is 192 g/mol. The highest BCUT2D eigenvalue weighted by atomic mass is 32.2. The minimum atomic E-state index is -2.41. The Morgan fingerprint density at radius 2 is 2.27 bits per heavy atom. The van der Waals surface area contributed by atoms with Gasteiger partial charge in [0.05, 0.1) is 4.86 Å². The number of hydrogen-bond acceptors (Lipinski definition) is 4. The van der Waals surface area contributed by atoms with E-state index in [4.69, 9.17) is 5.11 Å². The monoisotopic (exact) mass is 192 g/mol. The Morgan fingerprint density at radius 3 is 2.64 bits per heavy atom. The van der Waals surface area contributed by atoms with Crippen molar-refractivity contribution in [3.8, 4) is 0 Å². The van der Waals surface area contributed by atoms with Crippen molar-refractivity contribution in [3.05, 3.63) is 11.5 Å². The van der Waals surface area contributed by atoms with Crippen LogP contribution in [0.2, 0.25) is 0 Å². The van der Waals surface area contributed by atoms with E-state index >= 15 is 0 Å². The summed E-state index contributed by atoms with van der Waals surface area (Å²) in [5.41, 5.74) is 0. The molecule has 1 heterocycles. The van der Waals surface area contributed by atoms with Gasteiger partial charge >= 0.3 is 5.97 Å². The largest absolute Gasteiger partial charge is 0.480 e. The van der Waals surface area contributed by atoms with Gasteiger partial charge in [-0.05, 0) is 11.5 Å². The predicted molar refractivity (Wildman–Crippen MR) is 42.1 cm³/mol. The molecule has 0 bridgehead atoms. The maximum atomic E-state index is 10.4. The molecule has 0 aromatic carbocycles. The van der Waals surface area contributed by atoms with Crippen molar-refractivity contribution < 1.29 is 18.3 Å². The highest BCUT2D eigenvalue weighted by molar-refractivity contribution is 8.05. The fourth-order valence-electron chi connectivity index (χ4n) is 0.662. The fraction of sp³-hybridized carbons (Fsp3) is 0.200. The molecule has 0 radical (unpaired) electrons. The molecule has 1 aliphatic heterocycles. The van der Waals surface area contributed by atoms with Crippen LogP contribution in [0.4, 0.5) is 0 Å². The first-order valence-electron chi connectivity index (χ1n) is 2.64. The van der Waals surface area contributed by atoms with Gasteiger partial charge in [-0.25, -0.2) is 0 Å². The van der Waals surface area contributed by atoms with Gasteiger partial charge in [-0.2, -0.15) is 8.42 Å². The molecule has 6 heteroatoms. The van der Waals surface area contributed by atoms with E-state index in [1.54, 1.807) is 0 Å². The first kappa shape index (κ1) is 8.35. The second kappa shape index (κ2) is 3.10. The lowest BCUT2D eigenvalue weighted by Gasteiger charge is -1.98. The number of carboxylic acids is 1. The molecule has 1 N–H and O–H groups in total. The molecule has 1 aliphatic rings. The van der Waals surface area contributed by atoms with Crippen molar-refractivity contribution in [2.45, 2.75) is 5.25 Å². The van der Waals surface area contributed by atoms with Gasteiger partial charge in [-0.15, -0.1) is 11.8 Å². The van der Waals surface area contributed by atoms with E-state index in [1.807, 2.05) is 0 Å². The number of carboxylic acid groups (broad SMARTS) is 1. The number of rotatable bonds is 1. The number of thioether (sulfide) groups is 1. The standard InChI is InChI=1S/C5H4O4S2/c6-5(7)4-3(11(8)9)1-2-10-4/h1-2,4H,(H,6,7). The lowest BCUT2D eigenvalue weighted by molar-refractivity contribution is -0.135. The Bertz CT molecular complexity index is 329. The molecule has 0 saturated carbocycles. The van der Waals surface area contributed by atoms with E-state index in [1.165, 1.54) is 11.5 Å². The topological polar surface area (TPSA) is 71.4 Å². The Hall–Kier alpha value is -0.750. The third kappa shape index (κ3) is 1.63. The number of aliphatic carboxylic acids is 1. The van der Waals surface area contributed by atoms with Crippen molar-refractivity contribution in [1.82, 2.24) is 0 Å².